The third kappa shape index (κ3) is 3.44. The minimum atomic E-state index is -0.791. The van der Waals surface area contributed by atoms with E-state index < -0.39 is 6.10 Å². The molecule has 2 atom stereocenters. The average molecular weight is 260 g/mol. The Morgan fingerprint density at radius 3 is 2.68 bits per heavy atom. The fraction of sp³-hybridized carbons (Fsp3) is 0.588. The van der Waals surface area contributed by atoms with Gasteiger partial charge in [0, 0.05) is 5.56 Å². The Labute approximate surface area is 115 Å². The highest BCUT2D eigenvalue weighted by Gasteiger charge is 2.33. The lowest BCUT2D eigenvalue weighted by Crippen LogP contribution is -2.36. The van der Waals surface area contributed by atoms with Gasteiger partial charge in [0.2, 0.25) is 0 Å². The number of carbonyl (C=O) groups excluding carboxylic acids is 1. The Morgan fingerprint density at radius 1 is 1.16 bits per heavy atom. The number of Topliss-reactive ketones (excluding diaryl/α,β-unsaturated/α-hetero) is 1. The van der Waals surface area contributed by atoms with Gasteiger partial charge in [-0.1, -0.05) is 63.3 Å². The number of fused-ring (bicyclic) bond motifs is 1. The number of hydrogen-bond acceptors (Lipinski definition) is 2. The number of unbranched alkanes of at least 4 members (excludes halogenated alkanes) is 4. The summed E-state index contributed by atoms with van der Waals surface area (Å²) in [6, 6.07) is 7.69. The molecule has 0 fully saturated rings. The Morgan fingerprint density at radius 2 is 1.89 bits per heavy atom. The molecule has 2 heteroatoms. The second kappa shape index (κ2) is 6.85. The topological polar surface area (TPSA) is 37.3 Å². The number of aliphatic hydroxyl groups is 1. The summed E-state index contributed by atoms with van der Waals surface area (Å²) >= 11 is 0. The van der Waals surface area contributed by atoms with Crippen molar-refractivity contribution < 1.29 is 9.90 Å². The molecule has 104 valence electrons. The molecule has 0 heterocycles. The fourth-order valence-corrected chi connectivity index (χ4v) is 2.98. The minimum absolute atomic E-state index is 0.0830. The van der Waals surface area contributed by atoms with E-state index in [2.05, 4.69) is 6.92 Å². The standard InChI is InChI=1S/C17H24O2/c1-2-3-4-5-6-10-14-12-13-9-7-8-11-15(13)17(19)16(14)18/h7-9,11,14,16,18H,2-6,10,12H2,1H3. The van der Waals surface area contributed by atoms with Crippen LogP contribution in [0.2, 0.25) is 0 Å². The molecule has 0 saturated carbocycles. The lowest BCUT2D eigenvalue weighted by Gasteiger charge is -2.28. The van der Waals surface area contributed by atoms with Crippen LogP contribution in [-0.4, -0.2) is 17.0 Å². The molecule has 0 saturated heterocycles. The lowest BCUT2D eigenvalue weighted by atomic mass is 9.78. The number of benzene rings is 1. The van der Waals surface area contributed by atoms with Gasteiger partial charge < -0.3 is 5.11 Å². The van der Waals surface area contributed by atoms with Crippen molar-refractivity contribution in [3.05, 3.63) is 35.4 Å². The molecule has 2 rings (SSSR count). The predicted molar refractivity (Wildman–Crippen MR) is 77.3 cm³/mol. The van der Waals surface area contributed by atoms with E-state index >= 15 is 0 Å². The number of aliphatic hydroxyl groups excluding tert-OH is 1. The highest BCUT2D eigenvalue weighted by molar-refractivity contribution is 6.01. The number of ketones is 1. The van der Waals surface area contributed by atoms with Crippen LogP contribution in [0.15, 0.2) is 24.3 Å². The van der Waals surface area contributed by atoms with Crippen molar-refractivity contribution in [3.63, 3.8) is 0 Å². The first-order valence-electron chi connectivity index (χ1n) is 7.54. The van der Waals surface area contributed by atoms with E-state index in [-0.39, 0.29) is 11.7 Å². The van der Waals surface area contributed by atoms with Crippen LogP contribution in [0.25, 0.3) is 0 Å². The highest BCUT2D eigenvalue weighted by Crippen LogP contribution is 2.29. The zero-order chi connectivity index (χ0) is 13.7. The maximum Gasteiger partial charge on any atom is 0.191 e. The van der Waals surface area contributed by atoms with E-state index in [9.17, 15) is 9.90 Å². The van der Waals surface area contributed by atoms with Crippen LogP contribution >= 0.6 is 0 Å². The molecule has 1 aliphatic rings. The molecule has 0 bridgehead atoms. The smallest absolute Gasteiger partial charge is 0.191 e. The Hall–Kier alpha value is -1.15. The normalized spacial score (nSPS) is 22.3. The summed E-state index contributed by atoms with van der Waals surface area (Å²) in [6.07, 6.45) is 7.16. The third-order valence-electron chi connectivity index (χ3n) is 4.16. The molecular weight excluding hydrogens is 236 g/mol. The molecule has 1 aromatic rings. The monoisotopic (exact) mass is 260 g/mol. The summed E-state index contributed by atoms with van der Waals surface area (Å²) in [5, 5.41) is 10.1. The highest BCUT2D eigenvalue weighted by atomic mass is 16.3. The van der Waals surface area contributed by atoms with E-state index in [0.29, 0.717) is 0 Å². The molecule has 0 aliphatic heterocycles. The lowest BCUT2D eigenvalue weighted by molar-refractivity contribution is 0.0550. The first-order valence-corrected chi connectivity index (χ1v) is 7.54. The van der Waals surface area contributed by atoms with Crippen LogP contribution in [0.4, 0.5) is 0 Å². The van der Waals surface area contributed by atoms with Crippen molar-refractivity contribution in [2.75, 3.05) is 0 Å². The van der Waals surface area contributed by atoms with E-state index in [0.717, 1.165) is 30.4 Å². The Kier molecular flexibility index (Phi) is 5.15. The summed E-state index contributed by atoms with van der Waals surface area (Å²) in [5.41, 5.74) is 1.83. The third-order valence-corrected chi connectivity index (χ3v) is 4.16. The van der Waals surface area contributed by atoms with Crippen LogP contribution in [0.5, 0.6) is 0 Å². The van der Waals surface area contributed by atoms with Gasteiger partial charge in [-0.3, -0.25) is 4.79 Å². The number of hydrogen-bond donors (Lipinski definition) is 1. The molecule has 0 amide bonds. The summed E-state index contributed by atoms with van der Waals surface area (Å²) in [7, 11) is 0. The van der Waals surface area contributed by atoms with Crippen molar-refractivity contribution in [1.29, 1.82) is 0 Å². The van der Waals surface area contributed by atoms with Crippen LogP contribution in [0, 0.1) is 5.92 Å². The van der Waals surface area contributed by atoms with Gasteiger partial charge in [-0.15, -0.1) is 0 Å². The maximum atomic E-state index is 12.1. The van der Waals surface area contributed by atoms with Crippen molar-refractivity contribution >= 4 is 5.78 Å². The minimum Gasteiger partial charge on any atom is -0.385 e. The summed E-state index contributed by atoms with van der Waals surface area (Å²) < 4.78 is 0. The first kappa shape index (κ1) is 14.3. The zero-order valence-corrected chi connectivity index (χ0v) is 11.8. The van der Waals surface area contributed by atoms with Gasteiger partial charge in [0.15, 0.2) is 5.78 Å². The van der Waals surface area contributed by atoms with Gasteiger partial charge in [0.1, 0.15) is 6.10 Å². The molecule has 0 aromatic heterocycles. The quantitative estimate of drug-likeness (QED) is 0.791. The van der Waals surface area contributed by atoms with Gasteiger partial charge in [-0.2, -0.15) is 0 Å². The molecule has 1 aromatic carbocycles. The van der Waals surface area contributed by atoms with Gasteiger partial charge in [-0.05, 0) is 24.3 Å². The predicted octanol–water partition coefficient (Wildman–Crippen LogP) is 3.76. The number of rotatable bonds is 6. The second-order valence-corrected chi connectivity index (χ2v) is 5.63. The summed E-state index contributed by atoms with van der Waals surface area (Å²) in [5.74, 6) is 0.0319. The fourth-order valence-electron chi connectivity index (χ4n) is 2.98. The molecule has 0 spiro atoms. The molecule has 2 nitrogen and oxygen atoms in total. The van der Waals surface area contributed by atoms with Gasteiger partial charge in [0.05, 0.1) is 0 Å². The van der Waals surface area contributed by atoms with Gasteiger partial charge >= 0.3 is 0 Å². The van der Waals surface area contributed by atoms with E-state index in [4.69, 9.17) is 0 Å². The molecule has 0 radical (unpaired) electrons. The SMILES string of the molecule is CCCCCCCC1Cc2ccccc2C(=O)C1O. The second-order valence-electron chi connectivity index (χ2n) is 5.63. The van der Waals surface area contributed by atoms with Crippen molar-refractivity contribution in [2.24, 2.45) is 5.92 Å². The van der Waals surface area contributed by atoms with Crippen molar-refractivity contribution in [3.8, 4) is 0 Å². The van der Waals surface area contributed by atoms with E-state index in [1.54, 1.807) is 0 Å². The number of carbonyl (C=O) groups is 1. The summed E-state index contributed by atoms with van der Waals surface area (Å²) in [4.78, 5) is 12.1. The van der Waals surface area contributed by atoms with E-state index in [1.165, 1.54) is 25.7 Å². The van der Waals surface area contributed by atoms with Crippen molar-refractivity contribution in [2.45, 2.75) is 58.0 Å². The largest absolute Gasteiger partial charge is 0.385 e. The summed E-state index contributed by atoms with van der Waals surface area (Å²) in [6.45, 7) is 2.21. The molecule has 1 aliphatic carbocycles. The van der Waals surface area contributed by atoms with Crippen LogP contribution in [-0.2, 0) is 6.42 Å². The Balaban J connectivity index is 1.91. The van der Waals surface area contributed by atoms with Crippen LogP contribution in [0.1, 0.15) is 61.4 Å². The average Bonchev–Trinajstić information content (AvgIpc) is 2.44. The molecule has 19 heavy (non-hydrogen) atoms. The van der Waals surface area contributed by atoms with Gasteiger partial charge in [-0.25, -0.2) is 0 Å². The first-order chi connectivity index (χ1) is 9.24. The maximum absolute atomic E-state index is 12.1. The van der Waals surface area contributed by atoms with Gasteiger partial charge in [0.25, 0.3) is 0 Å². The molecule has 2 unspecified atom stereocenters. The zero-order valence-electron chi connectivity index (χ0n) is 11.8. The van der Waals surface area contributed by atoms with Crippen molar-refractivity contribution in [1.82, 2.24) is 0 Å². The van der Waals surface area contributed by atoms with Crippen LogP contribution < -0.4 is 0 Å². The molecular formula is C17H24O2. The molecule has 1 N–H and O–H groups in total. The van der Waals surface area contributed by atoms with E-state index in [1.807, 2.05) is 24.3 Å². The Bertz CT molecular complexity index is 425. The van der Waals surface area contributed by atoms with Crippen LogP contribution in [0.3, 0.4) is 0 Å².